The van der Waals surface area contributed by atoms with Crippen LogP contribution in [0.2, 0.25) is 0 Å². The van der Waals surface area contributed by atoms with Gasteiger partial charge in [0.25, 0.3) is 0 Å². The quantitative estimate of drug-likeness (QED) is 0.764. The zero-order chi connectivity index (χ0) is 10.9. The number of nitrogens with two attached hydrogens (primary N) is 1. The zero-order valence-electron chi connectivity index (χ0n) is 8.09. The summed E-state index contributed by atoms with van der Waals surface area (Å²) < 4.78 is 26.1. The van der Waals surface area contributed by atoms with Gasteiger partial charge in [0.15, 0.2) is 0 Å². The van der Waals surface area contributed by atoms with Gasteiger partial charge in [-0.1, -0.05) is 0 Å². The van der Waals surface area contributed by atoms with Gasteiger partial charge in [0.05, 0.1) is 6.10 Å². The Balaban J connectivity index is 3.15. The maximum atomic E-state index is 13.2. The van der Waals surface area contributed by atoms with E-state index in [0.717, 1.165) is 6.07 Å². The van der Waals surface area contributed by atoms with Crippen molar-refractivity contribution in [3.05, 3.63) is 34.9 Å². The molecule has 0 heterocycles. The predicted octanol–water partition coefficient (Wildman–Crippen LogP) is 1.65. The average Bonchev–Trinajstić information content (AvgIpc) is 2.10. The highest BCUT2D eigenvalue weighted by atomic mass is 19.1. The minimum absolute atomic E-state index is 0.0406. The molecule has 1 aromatic carbocycles. The molecule has 0 saturated heterocycles. The average molecular weight is 201 g/mol. The van der Waals surface area contributed by atoms with Crippen molar-refractivity contribution in [2.24, 2.45) is 5.73 Å². The number of aliphatic hydroxyl groups excluding tert-OH is 1. The third-order valence-corrected chi connectivity index (χ3v) is 2.09. The molecule has 1 aromatic rings. The van der Waals surface area contributed by atoms with Crippen molar-refractivity contribution in [2.45, 2.75) is 26.0 Å². The summed E-state index contributed by atoms with van der Waals surface area (Å²) in [7, 11) is 0. The first-order valence-corrected chi connectivity index (χ1v) is 4.32. The standard InChI is InChI=1S/C10H13F2NO/c1-5-3-7(10(14)6(2)13)9(12)4-8(5)11/h3-4,6,10,14H,13H2,1-2H3/t6-,10-/m1/s1. The van der Waals surface area contributed by atoms with E-state index in [1.807, 2.05) is 0 Å². The molecule has 0 radical (unpaired) electrons. The minimum atomic E-state index is -1.10. The van der Waals surface area contributed by atoms with Gasteiger partial charge < -0.3 is 10.8 Å². The van der Waals surface area contributed by atoms with Crippen LogP contribution in [0.3, 0.4) is 0 Å². The number of halogens is 2. The second-order valence-electron chi connectivity index (χ2n) is 3.43. The van der Waals surface area contributed by atoms with Crippen LogP contribution in [0.5, 0.6) is 0 Å². The summed E-state index contributed by atoms with van der Waals surface area (Å²) in [5.74, 6) is -1.39. The van der Waals surface area contributed by atoms with Gasteiger partial charge in [-0.25, -0.2) is 8.78 Å². The van der Waals surface area contributed by atoms with Gasteiger partial charge in [-0.15, -0.1) is 0 Å². The highest BCUT2D eigenvalue weighted by Crippen LogP contribution is 2.22. The van der Waals surface area contributed by atoms with E-state index in [1.165, 1.54) is 13.0 Å². The van der Waals surface area contributed by atoms with Crippen LogP contribution in [0.4, 0.5) is 8.78 Å². The lowest BCUT2D eigenvalue weighted by Crippen LogP contribution is -2.25. The van der Waals surface area contributed by atoms with Crippen LogP contribution >= 0.6 is 0 Å². The van der Waals surface area contributed by atoms with Crippen molar-refractivity contribution >= 4 is 0 Å². The molecule has 0 spiro atoms. The lowest BCUT2D eigenvalue weighted by Gasteiger charge is -2.16. The lowest BCUT2D eigenvalue weighted by molar-refractivity contribution is 0.148. The van der Waals surface area contributed by atoms with Crippen molar-refractivity contribution in [1.82, 2.24) is 0 Å². The number of hydrogen-bond acceptors (Lipinski definition) is 2. The molecule has 0 saturated carbocycles. The van der Waals surface area contributed by atoms with Gasteiger partial charge >= 0.3 is 0 Å². The summed E-state index contributed by atoms with van der Waals surface area (Å²) in [5, 5.41) is 9.51. The van der Waals surface area contributed by atoms with Crippen LogP contribution in [-0.4, -0.2) is 11.1 Å². The molecular formula is C10H13F2NO. The molecule has 0 aliphatic carbocycles. The fourth-order valence-electron chi connectivity index (χ4n) is 1.19. The van der Waals surface area contributed by atoms with Crippen LogP contribution in [0.1, 0.15) is 24.2 Å². The maximum absolute atomic E-state index is 13.2. The van der Waals surface area contributed by atoms with Crippen LogP contribution in [0.25, 0.3) is 0 Å². The van der Waals surface area contributed by atoms with Crippen molar-refractivity contribution in [3.8, 4) is 0 Å². The summed E-state index contributed by atoms with van der Waals surface area (Å²) in [4.78, 5) is 0. The second kappa shape index (κ2) is 4.02. The predicted molar refractivity (Wildman–Crippen MR) is 49.7 cm³/mol. The summed E-state index contributed by atoms with van der Waals surface area (Å²) in [6.07, 6.45) is -1.10. The SMILES string of the molecule is Cc1cc([C@H](O)[C@@H](C)N)c(F)cc1F. The molecule has 0 aromatic heterocycles. The van der Waals surface area contributed by atoms with Gasteiger partial charge in [0.1, 0.15) is 11.6 Å². The van der Waals surface area contributed by atoms with E-state index in [4.69, 9.17) is 5.73 Å². The van der Waals surface area contributed by atoms with Crippen molar-refractivity contribution in [1.29, 1.82) is 0 Å². The number of benzene rings is 1. The van der Waals surface area contributed by atoms with E-state index < -0.39 is 23.8 Å². The van der Waals surface area contributed by atoms with Crippen molar-refractivity contribution in [3.63, 3.8) is 0 Å². The molecule has 2 atom stereocenters. The molecule has 14 heavy (non-hydrogen) atoms. The first kappa shape index (κ1) is 11.1. The molecule has 0 amide bonds. The molecule has 4 heteroatoms. The number of hydrogen-bond donors (Lipinski definition) is 2. The van der Waals surface area contributed by atoms with E-state index in [2.05, 4.69) is 0 Å². The van der Waals surface area contributed by atoms with Gasteiger partial charge in [0, 0.05) is 17.7 Å². The zero-order valence-corrected chi connectivity index (χ0v) is 8.09. The molecule has 3 N–H and O–H groups in total. The Morgan fingerprint density at radius 2 is 1.86 bits per heavy atom. The Hall–Kier alpha value is -1.00. The van der Waals surface area contributed by atoms with E-state index >= 15 is 0 Å². The molecule has 78 valence electrons. The number of aryl methyl sites for hydroxylation is 1. The fraction of sp³-hybridized carbons (Fsp3) is 0.400. The highest BCUT2D eigenvalue weighted by Gasteiger charge is 2.18. The molecule has 0 bridgehead atoms. The Morgan fingerprint density at radius 1 is 1.29 bits per heavy atom. The van der Waals surface area contributed by atoms with E-state index in [1.54, 1.807) is 6.92 Å². The van der Waals surface area contributed by atoms with E-state index in [0.29, 0.717) is 5.56 Å². The van der Waals surface area contributed by atoms with Crippen LogP contribution in [-0.2, 0) is 0 Å². The van der Waals surface area contributed by atoms with Crippen LogP contribution < -0.4 is 5.73 Å². The first-order valence-electron chi connectivity index (χ1n) is 4.32. The summed E-state index contributed by atoms with van der Waals surface area (Å²) >= 11 is 0. The molecule has 0 aliphatic heterocycles. The largest absolute Gasteiger partial charge is 0.387 e. The van der Waals surface area contributed by atoms with Gasteiger partial charge in [-0.3, -0.25) is 0 Å². The molecule has 2 nitrogen and oxygen atoms in total. The lowest BCUT2D eigenvalue weighted by atomic mass is 10.0. The Labute approximate surface area is 81.4 Å². The normalized spacial score (nSPS) is 15.3. The monoisotopic (exact) mass is 201 g/mol. The molecule has 0 aliphatic rings. The van der Waals surface area contributed by atoms with Crippen LogP contribution in [0.15, 0.2) is 12.1 Å². The Kier molecular flexibility index (Phi) is 3.18. The Bertz CT molecular complexity index is 339. The third kappa shape index (κ3) is 2.08. The van der Waals surface area contributed by atoms with E-state index in [-0.39, 0.29) is 5.56 Å². The van der Waals surface area contributed by atoms with Crippen molar-refractivity contribution < 1.29 is 13.9 Å². The van der Waals surface area contributed by atoms with Crippen LogP contribution in [0, 0.1) is 18.6 Å². The second-order valence-corrected chi connectivity index (χ2v) is 3.43. The summed E-state index contributed by atoms with van der Waals surface area (Å²) in [5.41, 5.74) is 5.75. The summed E-state index contributed by atoms with van der Waals surface area (Å²) in [6.45, 7) is 3.06. The molecular weight excluding hydrogens is 188 g/mol. The highest BCUT2D eigenvalue weighted by molar-refractivity contribution is 5.28. The maximum Gasteiger partial charge on any atom is 0.131 e. The third-order valence-electron chi connectivity index (χ3n) is 2.09. The fourth-order valence-corrected chi connectivity index (χ4v) is 1.19. The summed E-state index contributed by atoms with van der Waals surface area (Å²) in [6, 6.07) is 1.45. The first-order chi connectivity index (χ1) is 6.43. The molecule has 0 unspecified atom stereocenters. The molecule has 0 fully saturated rings. The van der Waals surface area contributed by atoms with Gasteiger partial charge in [0.2, 0.25) is 0 Å². The smallest absolute Gasteiger partial charge is 0.131 e. The van der Waals surface area contributed by atoms with Gasteiger partial charge in [-0.05, 0) is 25.5 Å². The minimum Gasteiger partial charge on any atom is -0.387 e. The topological polar surface area (TPSA) is 46.2 Å². The Morgan fingerprint density at radius 3 is 2.36 bits per heavy atom. The number of rotatable bonds is 2. The van der Waals surface area contributed by atoms with Crippen molar-refractivity contribution in [2.75, 3.05) is 0 Å². The number of aliphatic hydroxyl groups is 1. The van der Waals surface area contributed by atoms with Gasteiger partial charge in [-0.2, -0.15) is 0 Å². The molecule has 1 rings (SSSR count). The van der Waals surface area contributed by atoms with E-state index in [9.17, 15) is 13.9 Å².